The number of furan rings is 1. The summed E-state index contributed by atoms with van der Waals surface area (Å²) >= 11 is 0. The molecule has 1 aromatic heterocycles. The van der Waals surface area contributed by atoms with E-state index in [9.17, 15) is 0 Å². The first-order valence-corrected chi connectivity index (χ1v) is 30.0. The maximum absolute atomic E-state index is 7.05. The molecule has 14 rings (SSSR count). The second-order valence-electron chi connectivity index (χ2n) is 29.1. The number of anilines is 9. The summed E-state index contributed by atoms with van der Waals surface area (Å²) in [5, 5.41) is 2.24. The summed E-state index contributed by atoms with van der Waals surface area (Å²) in [6, 6.07) is 65.7. The number of para-hydroxylation sites is 2. The third-order valence-corrected chi connectivity index (χ3v) is 19.7. The largest absolute Gasteiger partial charge is 0.454 e. The molecule has 0 unspecified atom stereocenters. The van der Waals surface area contributed by atoms with Crippen LogP contribution in [0.15, 0.2) is 174 Å². The molecule has 9 aromatic carbocycles. The van der Waals surface area contributed by atoms with Gasteiger partial charge < -0.3 is 19.1 Å². The zero-order valence-electron chi connectivity index (χ0n) is 51.2. The zero-order valence-corrected chi connectivity index (χ0v) is 51.2. The molecule has 0 bridgehead atoms. The minimum absolute atomic E-state index is 0.0151. The van der Waals surface area contributed by atoms with Gasteiger partial charge in [0.2, 0.25) is 0 Å². The third-order valence-electron chi connectivity index (χ3n) is 19.7. The highest BCUT2D eigenvalue weighted by Crippen LogP contribution is 2.56. The van der Waals surface area contributed by atoms with E-state index in [1.807, 2.05) is 0 Å². The second kappa shape index (κ2) is 17.4. The minimum Gasteiger partial charge on any atom is -0.454 e. The van der Waals surface area contributed by atoms with Gasteiger partial charge in [0.15, 0.2) is 5.58 Å². The summed E-state index contributed by atoms with van der Waals surface area (Å²) in [6.45, 7) is 38.0. The van der Waals surface area contributed by atoms with Crippen LogP contribution in [0.5, 0.6) is 0 Å². The van der Waals surface area contributed by atoms with Crippen LogP contribution in [0.25, 0.3) is 21.9 Å². The van der Waals surface area contributed by atoms with Crippen molar-refractivity contribution in [3.05, 3.63) is 225 Å². The van der Waals surface area contributed by atoms with Gasteiger partial charge in [-0.15, -0.1) is 0 Å². The van der Waals surface area contributed by atoms with Crippen LogP contribution < -0.4 is 31.1 Å². The Labute approximate surface area is 487 Å². The van der Waals surface area contributed by atoms with Crippen molar-refractivity contribution in [2.45, 2.75) is 150 Å². The molecule has 5 heteroatoms. The molecule has 0 saturated heterocycles. The normalized spacial score (nSPS) is 16.8. The number of hydrogen-bond donors (Lipinski definition) is 0. The van der Waals surface area contributed by atoms with Gasteiger partial charge in [0.1, 0.15) is 5.58 Å². The standard InChI is InChI=1S/C77H78BN3O/c1-46-38-67-70-68(39-46)81(65-44-60-59(40-47(65)2)76(13,14)55-24-18-19-25-56(55)77(60,15)16)66-43-58-57(74(9,10)45-75(58,11)12)42-62(66)78(70)61-41-52(36-37-63(61)80(67)64-26-21-23-54-53-22-17-20-27-69(53)82-71(54)64)79(50-32-28-48(29-33-50)72(3,4)5)51-34-30-49(31-35-51)73(6,7)8/h17-44H,45H2,1-16H3. The molecular weight excluding hydrogens is 994 g/mol. The number of hydrogen-bond acceptors (Lipinski definition) is 4. The van der Waals surface area contributed by atoms with Gasteiger partial charge >= 0.3 is 0 Å². The Morgan fingerprint density at radius 2 is 0.927 bits per heavy atom. The van der Waals surface area contributed by atoms with E-state index in [2.05, 4.69) is 295 Å². The number of fused-ring (bicyclic) bond motifs is 10. The summed E-state index contributed by atoms with van der Waals surface area (Å²) in [5.41, 5.74) is 29.4. The Hall–Kier alpha value is -7.76. The van der Waals surface area contributed by atoms with Crippen LogP contribution in [-0.4, -0.2) is 6.71 Å². The van der Waals surface area contributed by atoms with E-state index >= 15 is 0 Å². The molecule has 4 nitrogen and oxygen atoms in total. The Bertz CT molecular complexity index is 4250. The van der Waals surface area contributed by atoms with Crippen LogP contribution in [0.4, 0.5) is 51.2 Å². The van der Waals surface area contributed by atoms with E-state index in [0.29, 0.717) is 0 Å². The van der Waals surface area contributed by atoms with E-state index < -0.39 is 0 Å². The van der Waals surface area contributed by atoms with Gasteiger partial charge in [-0.05, 0) is 193 Å². The van der Waals surface area contributed by atoms with E-state index in [4.69, 9.17) is 4.42 Å². The topological polar surface area (TPSA) is 22.9 Å². The molecule has 10 aromatic rings. The van der Waals surface area contributed by atoms with Crippen molar-refractivity contribution in [1.29, 1.82) is 0 Å². The summed E-state index contributed by atoms with van der Waals surface area (Å²) in [6.07, 6.45) is 1.08. The molecule has 0 N–H and O–H groups in total. The van der Waals surface area contributed by atoms with Gasteiger partial charge in [0.05, 0.1) is 5.69 Å². The number of nitrogens with zero attached hydrogens (tertiary/aromatic N) is 3. The second-order valence-corrected chi connectivity index (χ2v) is 29.1. The molecule has 410 valence electrons. The highest BCUT2D eigenvalue weighted by atomic mass is 16.3. The molecular formula is C77H78BN3O. The van der Waals surface area contributed by atoms with Crippen molar-refractivity contribution in [3.8, 4) is 0 Å². The van der Waals surface area contributed by atoms with Gasteiger partial charge in [0, 0.05) is 67.1 Å². The van der Waals surface area contributed by atoms with E-state index in [1.165, 1.54) is 94.8 Å². The molecule has 4 aliphatic rings. The van der Waals surface area contributed by atoms with Crippen LogP contribution in [0, 0.1) is 13.8 Å². The fourth-order valence-corrected chi connectivity index (χ4v) is 15.7. The van der Waals surface area contributed by atoms with Gasteiger partial charge in [-0.2, -0.15) is 0 Å². The highest BCUT2D eigenvalue weighted by Gasteiger charge is 2.50. The molecule has 0 spiro atoms. The van der Waals surface area contributed by atoms with Crippen molar-refractivity contribution < 1.29 is 4.42 Å². The van der Waals surface area contributed by atoms with E-state index in [0.717, 1.165) is 56.8 Å². The fraction of sp³-hybridized carbons (Fsp3) is 0.299. The maximum Gasteiger partial charge on any atom is 0.252 e. The molecule has 0 amide bonds. The molecule has 0 fully saturated rings. The average molecular weight is 1070 g/mol. The number of benzene rings is 9. The lowest BCUT2D eigenvalue weighted by Crippen LogP contribution is -2.61. The number of rotatable bonds is 5. The molecule has 0 radical (unpaired) electrons. The van der Waals surface area contributed by atoms with Crippen LogP contribution in [-0.2, 0) is 32.5 Å². The smallest absolute Gasteiger partial charge is 0.252 e. The summed E-state index contributed by atoms with van der Waals surface area (Å²) in [7, 11) is 0. The lowest BCUT2D eigenvalue weighted by atomic mass is 9.33. The monoisotopic (exact) mass is 1070 g/mol. The quantitative estimate of drug-likeness (QED) is 0.160. The predicted octanol–water partition coefficient (Wildman–Crippen LogP) is 19.3. The van der Waals surface area contributed by atoms with Crippen LogP contribution in [0.1, 0.15) is 159 Å². The maximum atomic E-state index is 7.05. The predicted molar refractivity (Wildman–Crippen MR) is 351 cm³/mol. The minimum atomic E-state index is -0.232. The van der Waals surface area contributed by atoms with Gasteiger partial charge in [-0.25, -0.2) is 0 Å². The highest BCUT2D eigenvalue weighted by molar-refractivity contribution is 7.00. The summed E-state index contributed by atoms with van der Waals surface area (Å²) < 4.78 is 7.05. The third kappa shape index (κ3) is 7.63. The lowest BCUT2D eigenvalue weighted by molar-refractivity contribution is 0.403. The van der Waals surface area contributed by atoms with Crippen molar-refractivity contribution >= 4 is 96.2 Å². The number of aryl methyl sites for hydroxylation is 2. The fourth-order valence-electron chi connectivity index (χ4n) is 15.7. The van der Waals surface area contributed by atoms with E-state index in [1.54, 1.807) is 0 Å². The van der Waals surface area contributed by atoms with Gasteiger partial charge in [0.25, 0.3) is 6.71 Å². The summed E-state index contributed by atoms with van der Waals surface area (Å²) in [5.74, 6) is 0. The van der Waals surface area contributed by atoms with Gasteiger partial charge in [-0.3, -0.25) is 0 Å². The first-order valence-electron chi connectivity index (χ1n) is 30.0. The van der Waals surface area contributed by atoms with Gasteiger partial charge in [-0.1, -0.05) is 188 Å². The van der Waals surface area contributed by atoms with Crippen molar-refractivity contribution in [3.63, 3.8) is 0 Å². The van der Waals surface area contributed by atoms with Crippen LogP contribution >= 0.6 is 0 Å². The average Bonchev–Trinajstić information content (AvgIpc) is 2.38. The Morgan fingerprint density at radius 3 is 1.52 bits per heavy atom. The SMILES string of the molecule is Cc1cc2c3c(c1)N(c1cccc4c1oc1ccccc14)c1ccc(N(c4ccc(C(C)(C)C)cc4)c4ccc(C(C)(C)C)cc4)cc1B3c1cc3c(cc1N2c1cc2c(cc1C)C(C)(C)c1ccccc1C2(C)C)C(C)(C)CC3(C)C. The summed E-state index contributed by atoms with van der Waals surface area (Å²) in [4.78, 5) is 7.74. The Morgan fingerprint density at radius 1 is 0.427 bits per heavy atom. The molecule has 0 saturated carbocycles. The molecule has 3 heterocycles. The first-order chi connectivity index (χ1) is 38.7. The molecule has 82 heavy (non-hydrogen) atoms. The molecule has 2 aliphatic carbocycles. The van der Waals surface area contributed by atoms with Crippen molar-refractivity contribution in [2.24, 2.45) is 0 Å². The van der Waals surface area contributed by atoms with Crippen molar-refractivity contribution in [2.75, 3.05) is 14.7 Å². The molecule has 0 atom stereocenters. The Balaban J connectivity index is 1.08. The first kappa shape index (κ1) is 52.3. The Kier molecular flexibility index (Phi) is 11.1. The van der Waals surface area contributed by atoms with Crippen LogP contribution in [0.2, 0.25) is 0 Å². The lowest BCUT2D eigenvalue weighted by Gasteiger charge is -2.47. The van der Waals surface area contributed by atoms with Crippen molar-refractivity contribution in [1.82, 2.24) is 0 Å². The zero-order chi connectivity index (χ0) is 57.5. The van der Waals surface area contributed by atoms with Crippen LogP contribution in [0.3, 0.4) is 0 Å². The van der Waals surface area contributed by atoms with E-state index in [-0.39, 0.29) is 39.2 Å². The molecule has 2 aliphatic heterocycles.